The maximum absolute atomic E-state index is 13.8. The van der Waals surface area contributed by atoms with Crippen LogP contribution in [-0.4, -0.2) is 5.11 Å². The van der Waals surface area contributed by atoms with Crippen molar-refractivity contribution in [3.8, 4) is 34.8 Å². The molecular weight excluding hydrogens is 489 g/mol. The molecule has 4 nitrogen and oxygen atoms in total. The molecule has 0 unspecified atom stereocenters. The molecule has 0 bridgehead atoms. The van der Waals surface area contributed by atoms with Gasteiger partial charge < -0.3 is 9.84 Å². The van der Waals surface area contributed by atoms with Crippen LogP contribution in [0.5, 0.6) is 11.5 Å². The van der Waals surface area contributed by atoms with Gasteiger partial charge in [-0.1, -0.05) is 45.0 Å². The maximum Gasteiger partial charge on any atom is 0.416 e. The second-order valence-corrected chi connectivity index (χ2v) is 10.2. The van der Waals surface area contributed by atoms with E-state index in [0.717, 1.165) is 17.7 Å². The van der Waals surface area contributed by atoms with Crippen LogP contribution in [0.2, 0.25) is 0 Å². The highest BCUT2D eigenvalue weighted by Crippen LogP contribution is 2.45. The van der Waals surface area contributed by atoms with E-state index in [0.29, 0.717) is 33.4 Å². The number of halogens is 3. The topological polar surface area (TPSA) is 77.0 Å². The van der Waals surface area contributed by atoms with Crippen molar-refractivity contribution >= 4 is 10.8 Å². The van der Waals surface area contributed by atoms with Crippen molar-refractivity contribution < 1.29 is 23.0 Å². The largest absolute Gasteiger partial charge is 0.457 e. The quantitative estimate of drug-likeness (QED) is 0.298. The Balaban J connectivity index is 2.16. The standard InChI is InChI=1S/C31H25F3N2O2/c1-18-8-20(13-24(9-18)31(32,33)34)28-26(16-36)22(15-35)11-21-12-23(30(2,3)4)14-27(29(21)28)38-25-7-5-6-19(10-25)17-37/h5-14,37H,17H2,1-4H3. The summed E-state index contributed by atoms with van der Waals surface area (Å²) in [5, 5.41) is 30.5. The summed E-state index contributed by atoms with van der Waals surface area (Å²) in [5.41, 5.74) is 1.07. The second-order valence-electron chi connectivity index (χ2n) is 10.2. The molecule has 0 radical (unpaired) electrons. The third kappa shape index (κ3) is 5.20. The third-order valence-corrected chi connectivity index (χ3v) is 6.30. The normalized spacial score (nSPS) is 11.7. The van der Waals surface area contributed by atoms with Crippen LogP contribution in [0.15, 0.2) is 60.7 Å². The Labute approximate surface area is 219 Å². The zero-order chi connectivity index (χ0) is 27.8. The monoisotopic (exact) mass is 514 g/mol. The predicted molar refractivity (Wildman–Crippen MR) is 140 cm³/mol. The summed E-state index contributed by atoms with van der Waals surface area (Å²) in [4.78, 5) is 0. The highest BCUT2D eigenvalue weighted by Gasteiger charge is 2.32. The van der Waals surface area contributed by atoms with Gasteiger partial charge in [0.15, 0.2) is 0 Å². The lowest BCUT2D eigenvalue weighted by molar-refractivity contribution is -0.137. The highest BCUT2D eigenvalue weighted by molar-refractivity contribution is 6.05. The molecule has 4 rings (SSSR count). The number of benzene rings is 4. The summed E-state index contributed by atoms with van der Waals surface area (Å²) in [6.07, 6.45) is -4.60. The van der Waals surface area contributed by atoms with Crippen LogP contribution < -0.4 is 4.74 Å². The lowest BCUT2D eigenvalue weighted by Crippen LogP contribution is -2.11. The number of nitrogens with zero attached hydrogens (tertiary/aromatic N) is 2. The van der Waals surface area contributed by atoms with Crippen LogP contribution in [0.1, 0.15) is 54.2 Å². The summed E-state index contributed by atoms with van der Waals surface area (Å²) in [6.45, 7) is 7.39. The molecule has 1 N–H and O–H groups in total. The molecule has 0 fully saturated rings. The van der Waals surface area contributed by atoms with Crippen LogP contribution in [-0.2, 0) is 18.2 Å². The Kier molecular flexibility index (Phi) is 6.93. The SMILES string of the molecule is Cc1cc(-c2c(C#N)c(C#N)cc3cc(C(C)(C)C)cc(Oc4cccc(CO)c4)c23)cc(C(F)(F)F)c1. The van der Waals surface area contributed by atoms with Crippen molar-refractivity contribution in [3.63, 3.8) is 0 Å². The minimum atomic E-state index is -4.60. The van der Waals surface area contributed by atoms with Crippen LogP contribution in [0.25, 0.3) is 21.9 Å². The van der Waals surface area contributed by atoms with Gasteiger partial charge in [0, 0.05) is 10.9 Å². The lowest BCUT2D eigenvalue weighted by Gasteiger charge is -2.23. The summed E-state index contributed by atoms with van der Waals surface area (Å²) in [7, 11) is 0. The Hall–Kier alpha value is -4.33. The molecule has 0 aromatic heterocycles. The van der Waals surface area contributed by atoms with Crippen molar-refractivity contribution in [2.24, 2.45) is 0 Å². The first-order valence-corrected chi connectivity index (χ1v) is 11.9. The zero-order valence-corrected chi connectivity index (χ0v) is 21.4. The van der Waals surface area contributed by atoms with Crippen molar-refractivity contribution in [1.82, 2.24) is 0 Å². The van der Waals surface area contributed by atoms with Crippen molar-refractivity contribution in [2.75, 3.05) is 0 Å². The van der Waals surface area contributed by atoms with Crippen molar-refractivity contribution in [1.29, 1.82) is 10.5 Å². The number of alkyl halides is 3. The van der Waals surface area contributed by atoms with Crippen LogP contribution in [0, 0.1) is 29.6 Å². The van der Waals surface area contributed by atoms with E-state index in [1.54, 1.807) is 43.3 Å². The molecule has 0 saturated heterocycles. The molecular formula is C31H25F3N2O2. The van der Waals surface area contributed by atoms with Crippen LogP contribution in [0.4, 0.5) is 13.2 Å². The molecule has 4 aromatic carbocycles. The summed E-state index contributed by atoms with van der Waals surface area (Å²) >= 11 is 0. The van der Waals surface area contributed by atoms with Gasteiger partial charge in [0.25, 0.3) is 0 Å². The fourth-order valence-electron chi connectivity index (χ4n) is 4.44. The molecule has 7 heteroatoms. The van der Waals surface area contributed by atoms with Gasteiger partial charge in [0.2, 0.25) is 0 Å². The predicted octanol–water partition coefficient (Wildman–Crippen LogP) is 8.16. The average Bonchev–Trinajstić information content (AvgIpc) is 2.86. The number of nitriles is 2. The molecule has 0 atom stereocenters. The smallest absolute Gasteiger partial charge is 0.416 e. The molecule has 0 heterocycles. The van der Waals surface area contributed by atoms with Gasteiger partial charge in [0.1, 0.15) is 23.6 Å². The first-order valence-electron chi connectivity index (χ1n) is 11.9. The molecule has 0 amide bonds. The zero-order valence-electron chi connectivity index (χ0n) is 21.4. The fourth-order valence-corrected chi connectivity index (χ4v) is 4.44. The minimum absolute atomic E-state index is 0.0313. The highest BCUT2D eigenvalue weighted by atomic mass is 19.4. The van der Waals surface area contributed by atoms with Gasteiger partial charge >= 0.3 is 6.18 Å². The van der Waals surface area contributed by atoms with Crippen molar-refractivity contribution in [3.05, 3.63) is 94.0 Å². The van der Waals surface area contributed by atoms with E-state index < -0.39 is 11.7 Å². The van der Waals surface area contributed by atoms with E-state index in [-0.39, 0.29) is 34.3 Å². The van der Waals surface area contributed by atoms with E-state index >= 15 is 0 Å². The van der Waals surface area contributed by atoms with E-state index in [1.165, 1.54) is 0 Å². The van der Waals surface area contributed by atoms with Crippen LogP contribution >= 0.6 is 0 Å². The van der Waals surface area contributed by atoms with E-state index in [9.17, 15) is 28.8 Å². The number of aliphatic hydroxyl groups excluding tert-OH is 1. The fraction of sp³-hybridized carbons (Fsp3) is 0.226. The number of hydrogen-bond acceptors (Lipinski definition) is 4. The number of hydrogen-bond donors (Lipinski definition) is 1. The second kappa shape index (κ2) is 9.85. The summed E-state index contributed by atoms with van der Waals surface area (Å²) in [6, 6.07) is 19.8. The van der Waals surface area contributed by atoms with E-state index in [1.807, 2.05) is 45.0 Å². The average molecular weight is 515 g/mol. The molecule has 4 aromatic rings. The number of aliphatic hydroxyl groups is 1. The number of ether oxygens (including phenoxy) is 1. The van der Waals surface area contributed by atoms with Crippen molar-refractivity contribution in [2.45, 2.75) is 45.9 Å². The van der Waals surface area contributed by atoms with Gasteiger partial charge in [-0.3, -0.25) is 0 Å². The Morgan fingerprint density at radius 3 is 2.24 bits per heavy atom. The van der Waals surface area contributed by atoms with E-state index in [4.69, 9.17) is 4.74 Å². The number of fused-ring (bicyclic) bond motifs is 1. The number of aryl methyl sites for hydroxylation is 1. The summed E-state index contributed by atoms with van der Waals surface area (Å²) < 4.78 is 47.6. The number of rotatable bonds is 4. The van der Waals surface area contributed by atoms with E-state index in [2.05, 4.69) is 0 Å². The molecule has 0 aliphatic carbocycles. The Bertz CT molecular complexity index is 1640. The molecule has 0 aliphatic heterocycles. The summed E-state index contributed by atoms with van der Waals surface area (Å²) in [5.74, 6) is 0.742. The van der Waals surface area contributed by atoms with Gasteiger partial charge in [0.05, 0.1) is 23.3 Å². The first-order chi connectivity index (χ1) is 17.8. The maximum atomic E-state index is 13.8. The Morgan fingerprint density at radius 2 is 1.63 bits per heavy atom. The molecule has 0 spiro atoms. The minimum Gasteiger partial charge on any atom is -0.457 e. The third-order valence-electron chi connectivity index (χ3n) is 6.30. The molecule has 192 valence electrons. The van der Waals surface area contributed by atoms with Gasteiger partial charge in [-0.15, -0.1) is 0 Å². The first kappa shape index (κ1) is 26.7. The van der Waals surface area contributed by atoms with Gasteiger partial charge in [-0.25, -0.2) is 0 Å². The lowest BCUT2D eigenvalue weighted by atomic mass is 9.82. The van der Waals surface area contributed by atoms with Crippen LogP contribution in [0.3, 0.4) is 0 Å². The van der Waals surface area contributed by atoms with Gasteiger partial charge in [-0.05, 0) is 76.4 Å². The molecule has 38 heavy (non-hydrogen) atoms. The Morgan fingerprint density at radius 1 is 0.895 bits per heavy atom. The van der Waals surface area contributed by atoms with Gasteiger partial charge in [-0.2, -0.15) is 23.7 Å². The molecule has 0 aliphatic rings. The molecule has 0 saturated carbocycles.